The van der Waals surface area contributed by atoms with Gasteiger partial charge < -0.3 is 0 Å². The van der Waals surface area contributed by atoms with Crippen LogP contribution in [0.1, 0.15) is 91.9 Å². The van der Waals surface area contributed by atoms with Gasteiger partial charge in [0.05, 0.1) is 0 Å². The van der Waals surface area contributed by atoms with Crippen LogP contribution in [0, 0.1) is 11.8 Å². The molecule has 0 fully saturated rings. The largest absolute Gasteiger partial charge is 0.0654 e. The van der Waals surface area contributed by atoms with Crippen molar-refractivity contribution in [3.63, 3.8) is 0 Å². The van der Waals surface area contributed by atoms with Crippen LogP contribution in [-0.4, -0.2) is 0 Å². The van der Waals surface area contributed by atoms with Crippen LogP contribution in [-0.2, 0) is 0 Å². The molecular weight excluding hydrogens is 192 g/mol. The first-order valence-corrected chi connectivity index (χ1v) is 7.66. The van der Waals surface area contributed by atoms with E-state index in [1.165, 1.54) is 64.2 Å². The van der Waals surface area contributed by atoms with E-state index in [4.69, 9.17) is 0 Å². The molecule has 16 heavy (non-hydrogen) atoms. The molecule has 0 rings (SSSR count). The molecule has 0 aromatic carbocycles. The van der Waals surface area contributed by atoms with Gasteiger partial charge in [-0.1, -0.05) is 91.9 Å². The molecule has 0 nitrogen and oxygen atoms in total. The van der Waals surface area contributed by atoms with Crippen molar-refractivity contribution in [3.8, 4) is 0 Å². The third kappa shape index (κ3) is 12.1. The van der Waals surface area contributed by atoms with E-state index in [0.29, 0.717) is 0 Å². The Morgan fingerprint density at radius 3 is 1.62 bits per heavy atom. The van der Waals surface area contributed by atoms with Gasteiger partial charge in [0.15, 0.2) is 0 Å². The van der Waals surface area contributed by atoms with Gasteiger partial charge in [0.2, 0.25) is 0 Å². The molecule has 0 amide bonds. The van der Waals surface area contributed by atoms with Gasteiger partial charge in [0.25, 0.3) is 0 Å². The Hall–Kier alpha value is 0. The van der Waals surface area contributed by atoms with Gasteiger partial charge in [-0.2, -0.15) is 0 Å². The number of hydrogen-bond acceptors (Lipinski definition) is 0. The van der Waals surface area contributed by atoms with Gasteiger partial charge in [0.1, 0.15) is 0 Å². The lowest BCUT2D eigenvalue weighted by molar-refractivity contribution is 0.447. The Labute approximate surface area is 104 Å². The maximum Gasteiger partial charge on any atom is -0.0443 e. The molecule has 0 aliphatic rings. The topological polar surface area (TPSA) is 0 Å². The third-order valence-corrected chi connectivity index (χ3v) is 3.51. The Bertz CT molecular complexity index is 126. The Balaban J connectivity index is 3.04. The van der Waals surface area contributed by atoms with Crippen molar-refractivity contribution in [2.24, 2.45) is 11.8 Å². The fraction of sp³-hybridized carbons (Fsp3) is 1.00. The average Bonchev–Trinajstić information content (AvgIpc) is 2.22. The molecule has 98 valence electrons. The summed E-state index contributed by atoms with van der Waals surface area (Å²) in [6, 6.07) is 0. The highest BCUT2D eigenvalue weighted by atomic mass is 14.1. The summed E-state index contributed by atoms with van der Waals surface area (Å²) in [4.78, 5) is 0. The molecule has 0 aromatic heterocycles. The van der Waals surface area contributed by atoms with Crippen molar-refractivity contribution in [1.29, 1.82) is 0 Å². The van der Waals surface area contributed by atoms with E-state index < -0.39 is 0 Å². The van der Waals surface area contributed by atoms with E-state index in [-0.39, 0.29) is 0 Å². The van der Waals surface area contributed by atoms with Crippen LogP contribution < -0.4 is 0 Å². The molecule has 0 bridgehead atoms. The zero-order chi connectivity index (χ0) is 12.2. The number of rotatable bonds is 11. The van der Waals surface area contributed by atoms with E-state index in [1.807, 2.05) is 0 Å². The van der Waals surface area contributed by atoms with Crippen LogP contribution in [0.2, 0.25) is 0 Å². The van der Waals surface area contributed by atoms with Gasteiger partial charge in [-0.25, -0.2) is 0 Å². The Morgan fingerprint density at radius 2 is 1.12 bits per heavy atom. The molecule has 0 aromatic rings. The van der Waals surface area contributed by atoms with E-state index in [0.717, 1.165) is 11.8 Å². The first kappa shape index (κ1) is 16.0. The predicted octanol–water partition coefficient (Wildman–Crippen LogP) is 6.20. The minimum absolute atomic E-state index is 0.898. The summed E-state index contributed by atoms with van der Waals surface area (Å²) in [6.07, 6.45) is 14.4. The van der Waals surface area contributed by atoms with E-state index >= 15 is 0 Å². The molecule has 0 aliphatic carbocycles. The normalized spacial score (nSPS) is 13.3. The minimum atomic E-state index is 0.898. The molecule has 1 unspecified atom stereocenters. The summed E-state index contributed by atoms with van der Waals surface area (Å²) in [5, 5.41) is 0. The summed E-state index contributed by atoms with van der Waals surface area (Å²) in [7, 11) is 0. The summed E-state index contributed by atoms with van der Waals surface area (Å²) < 4.78 is 0. The van der Waals surface area contributed by atoms with Crippen molar-refractivity contribution < 1.29 is 0 Å². The van der Waals surface area contributed by atoms with Gasteiger partial charge >= 0.3 is 0 Å². The molecule has 0 radical (unpaired) electrons. The maximum absolute atomic E-state index is 2.41. The molecule has 0 heteroatoms. The van der Waals surface area contributed by atoms with Crippen LogP contribution in [0.25, 0.3) is 0 Å². The lowest BCUT2D eigenvalue weighted by Crippen LogP contribution is -1.93. The van der Waals surface area contributed by atoms with Crippen LogP contribution in [0.5, 0.6) is 0 Å². The van der Waals surface area contributed by atoms with E-state index in [2.05, 4.69) is 27.7 Å². The summed E-state index contributed by atoms with van der Waals surface area (Å²) >= 11 is 0. The average molecular weight is 226 g/mol. The van der Waals surface area contributed by atoms with Crippen molar-refractivity contribution in [3.05, 3.63) is 0 Å². The molecular formula is C16H34. The fourth-order valence-corrected chi connectivity index (χ4v) is 2.39. The molecule has 0 spiro atoms. The first-order valence-electron chi connectivity index (χ1n) is 7.66. The minimum Gasteiger partial charge on any atom is -0.0654 e. The van der Waals surface area contributed by atoms with Crippen molar-refractivity contribution in [1.82, 2.24) is 0 Å². The highest BCUT2D eigenvalue weighted by Crippen LogP contribution is 2.16. The molecule has 1 atom stereocenters. The second kappa shape index (κ2) is 11.5. The highest BCUT2D eigenvalue weighted by Gasteiger charge is 2.00. The predicted molar refractivity (Wildman–Crippen MR) is 75.8 cm³/mol. The molecule has 0 aliphatic heterocycles. The summed E-state index contributed by atoms with van der Waals surface area (Å²) in [5.41, 5.74) is 0. The number of unbranched alkanes of at least 4 members (excludes halogenated alkanes) is 5. The molecule has 0 saturated carbocycles. The van der Waals surface area contributed by atoms with Crippen LogP contribution in [0.3, 0.4) is 0 Å². The second-order valence-electron chi connectivity index (χ2n) is 5.99. The first-order chi connectivity index (χ1) is 7.66. The lowest BCUT2D eigenvalue weighted by atomic mass is 9.97. The van der Waals surface area contributed by atoms with Gasteiger partial charge in [0, 0.05) is 0 Å². The lowest BCUT2D eigenvalue weighted by Gasteiger charge is -2.09. The van der Waals surface area contributed by atoms with Gasteiger partial charge in [-0.15, -0.1) is 0 Å². The van der Waals surface area contributed by atoms with Crippen LogP contribution in [0.15, 0.2) is 0 Å². The summed E-state index contributed by atoms with van der Waals surface area (Å²) in [5.74, 6) is 1.86. The van der Waals surface area contributed by atoms with Crippen molar-refractivity contribution >= 4 is 0 Å². The Morgan fingerprint density at radius 1 is 0.625 bits per heavy atom. The fourth-order valence-electron chi connectivity index (χ4n) is 2.39. The second-order valence-corrected chi connectivity index (χ2v) is 5.99. The van der Waals surface area contributed by atoms with Gasteiger partial charge in [-0.05, 0) is 11.8 Å². The quantitative estimate of drug-likeness (QED) is 0.368. The Kier molecular flexibility index (Phi) is 11.5. The SMILES string of the molecule is CCCC(C)CCCCCCCCC(C)C. The van der Waals surface area contributed by atoms with Crippen molar-refractivity contribution in [2.75, 3.05) is 0 Å². The maximum atomic E-state index is 2.41. The highest BCUT2D eigenvalue weighted by molar-refractivity contribution is 4.54. The van der Waals surface area contributed by atoms with Gasteiger partial charge in [-0.3, -0.25) is 0 Å². The third-order valence-electron chi connectivity index (χ3n) is 3.51. The standard InChI is InChI=1S/C16H34/c1-5-12-16(4)14-11-9-7-6-8-10-13-15(2)3/h15-16H,5-14H2,1-4H3. The summed E-state index contributed by atoms with van der Waals surface area (Å²) in [6.45, 7) is 9.36. The monoisotopic (exact) mass is 226 g/mol. The molecule has 0 N–H and O–H groups in total. The smallest absolute Gasteiger partial charge is 0.0443 e. The molecule has 0 heterocycles. The zero-order valence-corrected chi connectivity index (χ0v) is 12.2. The van der Waals surface area contributed by atoms with E-state index in [9.17, 15) is 0 Å². The molecule has 0 saturated heterocycles. The van der Waals surface area contributed by atoms with E-state index in [1.54, 1.807) is 0 Å². The zero-order valence-electron chi connectivity index (χ0n) is 12.2. The van der Waals surface area contributed by atoms with Crippen LogP contribution in [0.4, 0.5) is 0 Å². The van der Waals surface area contributed by atoms with Crippen LogP contribution >= 0.6 is 0 Å². The number of hydrogen-bond donors (Lipinski definition) is 0. The van der Waals surface area contributed by atoms with Crippen molar-refractivity contribution in [2.45, 2.75) is 91.9 Å².